The Labute approximate surface area is 199 Å². The molecule has 0 aliphatic carbocycles. The number of aliphatic hydroxyl groups excluding tert-OH is 1. The van der Waals surface area contributed by atoms with E-state index in [-0.39, 0.29) is 19.2 Å². The van der Waals surface area contributed by atoms with Crippen molar-refractivity contribution < 1.29 is 23.7 Å². The Morgan fingerprint density at radius 1 is 0.882 bits per heavy atom. The molecule has 1 atom stereocenters. The van der Waals surface area contributed by atoms with Crippen molar-refractivity contribution in [3.05, 3.63) is 84.2 Å². The van der Waals surface area contributed by atoms with E-state index in [1.807, 2.05) is 30.3 Å². The van der Waals surface area contributed by atoms with E-state index in [0.717, 1.165) is 31.7 Å². The van der Waals surface area contributed by atoms with E-state index >= 15 is 0 Å². The van der Waals surface area contributed by atoms with Crippen LogP contribution < -0.4 is 19.9 Å². The number of halogens is 1. The third kappa shape index (κ3) is 6.93. The van der Waals surface area contributed by atoms with Gasteiger partial charge in [-0.1, -0.05) is 18.2 Å². The second kappa shape index (κ2) is 11.8. The van der Waals surface area contributed by atoms with Gasteiger partial charge in [0.05, 0.1) is 0 Å². The van der Waals surface area contributed by atoms with E-state index < -0.39 is 6.10 Å². The smallest absolute Gasteiger partial charge is 0.137 e. The quantitative estimate of drug-likeness (QED) is 0.428. The summed E-state index contributed by atoms with van der Waals surface area (Å²) in [6.45, 7) is 2.76. The van der Waals surface area contributed by atoms with Gasteiger partial charge in [0.25, 0.3) is 0 Å². The Kier molecular flexibility index (Phi) is 8.36. The highest BCUT2D eigenvalue weighted by atomic mass is 19.1. The molecule has 1 fully saturated rings. The van der Waals surface area contributed by atoms with Crippen LogP contribution in [-0.4, -0.2) is 49.1 Å². The van der Waals surface area contributed by atoms with Gasteiger partial charge in [0.15, 0.2) is 0 Å². The average Bonchev–Trinajstić information content (AvgIpc) is 2.86. The fraction of sp³-hybridized carbons (Fsp3) is 0.333. The molecule has 0 radical (unpaired) electrons. The molecule has 34 heavy (non-hydrogen) atoms. The first-order valence-electron chi connectivity index (χ1n) is 11.6. The number of rotatable bonds is 10. The summed E-state index contributed by atoms with van der Waals surface area (Å²) in [6.07, 6.45) is 1.49. The summed E-state index contributed by atoms with van der Waals surface area (Å²) in [4.78, 5) is 2.28. The molecule has 3 aromatic carbocycles. The van der Waals surface area contributed by atoms with Gasteiger partial charge in [0.1, 0.15) is 48.3 Å². The van der Waals surface area contributed by atoms with Crippen LogP contribution in [0.5, 0.6) is 23.0 Å². The minimum absolute atomic E-state index is 0.107. The summed E-state index contributed by atoms with van der Waals surface area (Å²) in [5, 5.41) is 10.4. The summed E-state index contributed by atoms with van der Waals surface area (Å²) in [7, 11) is 0. The molecule has 7 heteroatoms. The Morgan fingerprint density at radius 3 is 2.15 bits per heavy atom. The minimum Gasteiger partial charge on any atom is -0.491 e. The summed E-state index contributed by atoms with van der Waals surface area (Å²) in [6, 6.07) is 21.4. The number of β-amino-alcohol motifs (C(OH)–C–C–N with tert-alkyl or cyclic N) is 1. The van der Waals surface area contributed by atoms with Gasteiger partial charge in [-0.25, -0.2) is 4.39 Å². The average molecular weight is 467 g/mol. The van der Waals surface area contributed by atoms with Crippen LogP contribution in [0.2, 0.25) is 0 Å². The van der Waals surface area contributed by atoms with Crippen molar-refractivity contribution in [1.29, 1.82) is 0 Å². The van der Waals surface area contributed by atoms with Gasteiger partial charge < -0.3 is 24.2 Å². The molecule has 3 aromatic rings. The molecule has 0 unspecified atom stereocenters. The third-order valence-corrected chi connectivity index (χ3v) is 5.96. The van der Waals surface area contributed by atoms with Crippen LogP contribution in [0.4, 0.5) is 4.39 Å². The number of hydrogen-bond donors (Lipinski definition) is 2. The number of hydrogen-bond acceptors (Lipinski definition) is 6. The topological polar surface area (TPSA) is 77.2 Å². The molecule has 0 bridgehead atoms. The Balaban J connectivity index is 1.20. The van der Waals surface area contributed by atoms with Crippen LogP contribution >= 0.6 is 0 Å². The van der Waals surface area contributed by atoms with Crippen LogP contribution in [0.15, 0.2) is 72.8 Å². The zero-order chi connectivity index (χ0) is 23.8. The molecule has 3 N–H and O–H groups in total. The molecule has 0 aromatic heterocycles. The van der Waals surface area contributed by atoms with Crippen molar-refractivity contribution in [1.82, 2.24) is 4.90 Å². The molecule has 0 amide bonds. The SMILES string of the molecule is NCOc1cccc(OC[C@@H](O)CN2CCC(c3ccc(Oc4ccc(F)cc4)cc3)CC2)c1. The predicted octanol–water partition coefficient (Wildman–Crippen LogP) is 4.53. The summed E-state index contributed by atoms with van der Waals surface area (Å²) in [5.41, 5.74) is 6.68. The van der Waals surface area contributed by atoms with E-state index in [0.29, 0.717) is 29.7 Å². The van der Waals surface area contributed by atoms with E-state index in [1.165, 1.54) is 17.7 Å². The van der Waals surface area contributed by atoms with Gasteiger partial charge in [-0.15, -0.1) is 0 Å². The zero-order valence-corrected chi connectivity index (χ0v) is 19.1. The van der Waals surface area contributed by atoms with Crippen LogP contribution in [0.1, 0.15) is 24.3 Å². The number of nitrogens with two attached hydrogens (primary N) is 1. The first-order chi connectivity index (χ1) is 16.6. The van der Waals surface area contributed by atoms with Crippen molar-refractivity contribution in [2.75, 3.05) is 33.0 Å². The van der Waals surface area contributed by atoms with Gasteiger partial charge in [0.2, 0.25) is 0 Å². The summed E-state index contributed by atoms with van der Waals surface area (Å²) < 4.78 is 29.8. The van der Waals surface area contributed by atoms with E-state index in [9.17, 15) is 9.50 Å². The van der Waals surface area contributed by atoms with E-state index in [1.54, 1.807) is 18.2 Å². The maximum absolute atomic E-state index is 13.0. The Bertz CT molecular complexity index is 1020. The Morgan fingerprint density at radius 2 is 1.50 bits per heavy atom. The van der Waals surface area contributed by atoms with E-state index in [2.05, 4.69) is 17.0 Å². The van der Waals surface area contributed by atoms with Crippen molar-refractivity contribution in [3.8, 4) is 23.0 Å². The normalized spacial score (nSPS) is 15.6. The molecule has 0 spiro atoms. The van der Waals surface area contributed by atoms with E-state index in [4.69, 9.17) is 19.9 Å². The molecule has 180 valence electrons. The summed E-state index contributed by atoms with van der Waals surface area (Å²) >= 11 is 0. The lowest BCUT2D eigenvalue weighted by Crippen LogP contribution is -2.40. The lowest BCUT2D eigenvalue weighted by molar-refractivity contribution is 0.0593. The number of nitrogens with zero attached hydrogens (tertiary/aromatic N) is 1. The first kappa shape index (κ1) is 24.0. The monoisotopic (exact) mass is 466 g/mol. The van der Waals surface area contributed by atoms with Gasteiger partial charge in [-0.2, -0.15) is 0 Å². The number of likely N-dealkylation sites (tertiary alicyclic amines) is 1. The molecule has 1 saturated heterocycles. The second-order valence-corrected chi connectivity index (χ2v) is 8.45. The van der Waals surface area contributed by atoms with Gasteiger partial charge in [-0.3, -0.25) is 5.73 Å². The molecule has 1 aliphatic heterocycles. The third-order valence-electron chi connectivity index (χ3n) is 5.96. The van der Waals surface area contributed by atoms with Gasteiger partial charge in [0, 0.05) is 12.6 Å². The number of piperidine rings is 1. The minimum atomic E-state index is -0.571. The van der Waals surface area contributed by atoms with Crippen molar-refractivity contribution in [2.45, 2.75) is 24.9 Å². The van der Waals surface area contributed by atoms with Crippen LogP contribution in [0.25, 0.3) is 0 Å². The van der Waals surface area contributed by atoms with Gasteiger partial charge in [-0.05, 0) is 85.9 Å². The highest BCUT2D eigenvalue weighted by molar-refractivity contribution is 5.35. The predicted molar refractivity (Wildman–Crippen MR) is 129 cm³/mol. The number of ether oxygens (including phenoxy) is 3. The number of benzene rings is 3. The fourth-order valence-electron chi connectivity index (χ4n) is 4.19. The van der Waals surface area contributed by atoms with Crippen LogP contribution in [-0.2, 0) is 0 Å². The van der Waals surface area contributed by atoms with Crippen LogP contribution in [0.3, 0.4) is 0 Å². The van der Waals surface area contributed by atoms with Crippen molar-refractivity contribution in [3.63, 3.8) is 0 Å². The molecular formula is C27H31FN2O4. The molecule has 1 aliphatic rings. The highest BCUT2D eigenvalue weighted by Gasteiger charge is 2.22. The Hall–Kier alpha value is -3.13. The summed E-state index contributed by atoms with van der Waals surface area (Å²) in [5.74, 6) is 2.84. The van der Waals surface area contributed by atoms with Gasteiger partial charge >= 0.3 is 0 Å². The molecule has 0 saturated carbocycles. The second-order valence-electron chi connectivity index (χ2n) is 8.45. The maximum atomic E-state index is 13.0. The number of aliphatic hydroxyl groups is 1. The first-order valence-corrected chi connectivity index (χ1v) is 11.6. The van der Waals surface area contributed by atoms with Crippen molar-refractivity contribution >= 4 is 0 Å². The maximum Gasteiger partial charge on any atom is 0.137 e. The zero-order valence-electron chi connectivity index (χ0n) is 19.1. The largest absolute Gasteiger partial charge is 0.491 e. The highest BCUT2D eigenvalue weighted by Crippen LogP contribution is 2.30. The fourth-order valence-corrected chi connectivity index (χ4v) is 4.19. The molecule has 6 nitrogen and oxygen atoms in total. The van der Waals surface area contributed by atoms with Crippen LogP contribution in [0, 0.1) is 5.82 Å². The molecule has 4 rings (SSSR count). The van der Waals surface area contributed by atoms with Crippen molar-refractivity contribution in [2.24, 2.45) is 5.73 Å². The standard InChI is InChI=1S/C27H31FN2O4/c28-22-6-10-25(11-7-22)34-24-8-4-20(5-9-24)21-12-14-30(15-13-21)17-23(31)18-32-26-2-1-3-27(16-26)33-19-29/h1-11,16,21,23,31H,12-15,17-19,29H2/t23-/m0/s1. The molecular weight excluding hydrogens is 435 g/mol. The lowest BCUT2D eigenvalue weighted by Gasteiger charge is -2.33. The lowest BCUT2D eigenvalue weighted by atomic mass is 9.89. The molecule has 1 heterocycles.